The number of rotatable bonds is 3. The van der Waals surface area contributed by atoms with E-state index in [9.17, 15) is 0 Å². The van der Waals surface area contributed by atoms with Crippen molar-refractivity contribution in [1.82, 2.24) is 9.97 Å². The van der Waals surface area contributed by atoms with Gasteiger partial charge in [0.1, 0.15) is 17.5 Å². The van der Waals surface area contributed by atoms with E-state index in [1.807, 2.05) is 14.0 Å². The van der Waals surface area contributed by atoms with Gasteiger partial charge in [0.05, 0.1) is 0 Å². The van der Waals surface area contributed by atoms with Gasteiger partial charge in [-0.05, 0) is 32.6 Å². The van der Waals surface area contributed by atoms with Crippen LogP contribution in [0.1, 0.15) is 37.6 Å². The number of piperidine rings is 1. The summed E-state index contributed by atoms with van der Waals surface area (Å²) in [6.07, 6.45) is 3.87. The summed E-state index contributed by atoms with van der Waals surface area (Å²) in [6.45, 7) is 8.60. The first-order valence-electron chi connectivity index (χ1n) is 6.93. The molecule has 0 amide bonds. The first-order valence-corrected chi connectivity index (χ1v) is 6.93. The van der Waals surface area contributed by atoms with E-state index in [0.29, 0.717) is 0 Å². The first-order chi connectivity index (χ1) is 8.65. The Morgan fingerprint density at radius 2 is 1.89 bits per heavy atom. The lowest BCUT2D eigenvalue weighted by atomic mass is 9.94. The van der Waals surface area contributed by atoms with Crippen molar-refractivity contribution >= 4 is 11.6 Å². The summed E-state index contributed by atoms with van der Waals surface area (Å²) in [5.74, 6) is 3.81. The maximum atomic E-state index is 4.63. The molecule has 1 aromatic heterocycles. The maximum Gasteiger partial charge on any atom is 0.137 e. The highest BCUT2D eigenvalue weighted by Crippen LogP contribution is 2.28. The first kappa shape index (κ1) is 13.1. The third kappa shape index (κ3) is 2.57. The summed E-state index contributed by atoms with van der Waals surface area (Å²) in [7, 11) is 1.92. The molecule has 1 fully saturated rings. The van der Waals surface area contributed by atoms with E-state index in [4.69, 9.17) is 0 Å². The van der Waals surface area contributed by atoms with Gasteiger partial charge in [-0.1, -0.05) is 13.3 Å². The van der Waals surface area contributed by atoms with E-state index in [-0.39, 0.29) is 0 Å². The number of aromatic nitrogens is 2. The van der Waals surface area contributed by atoms with Crippen molar-refractivity contribution < 1.29 is 0 Å². The van der Waals surface area contributed by atoms with Crippen LogP contribution >= 0.6 is 0 Å². The van der Waals surface area contributed by atoms with Crippen LogP contribution in [-0.4, -0.2) is 30.1 Å². The fourth-order valence-electron chi connectivity index (χ4n) is 2.72. The van der Waals surface area contributed by atoms with Crippen molar-refractivity contribution in [2.75, 3.05) is 30.4 Å². The van der Waals surface area contributed by atoms with Crippen LogP contribution in [0.25, 0.3) is 0 Å². The van der Waals surface area contributed by atoms with Gasteiger partial charge in [0.15, 0.2) is 0 Å². The second-order valence-corrected chi connectivity index (χ2v) is 5.16. The Labute approximate surface area is 110 Å². The largest absolute Gasteiger partial charge is 0.373 e. The van der Waals surface area contributed by atoms with E-state index >= 15 is 0 Å². The normalized spacial score (nSPS) is 17.0. The van der Waals surface area contributed by atoms with Gasteiger partial charge in [0.2, 0.25) is 0 Å². The average Bonchev–Trinajstić information content (AvgIpc) is 2.41. The minimum Gasteiger partial charge on any atom is -0.373 e. The predicted molar refractivity (Wildman–Crippen MR) is 76.3 cm³/mol. The van der Waals surface area contributed by atoms with Crippen molar-refractivity contribution in [1.29, 1.82) is 0 Å². The Morgan fingerprint density at radius 3 is 2.44 bits per heavy atom. The minimum atomic E-state index is 0.845. The lowest BCUT2D eigenvalue weighted by Gasteiger charge is -2.33. The van der Waals surface area contributed by atoms with Gasteiger partial charge in [-0.15, -0.1) is 0 Å². The number of anilines is 2. The lowest BCUT2D eigenvalue weighted by molar-refractivity contribution is 0.393. The summed E-state index contributed by atoms with van der Waals surface area (Å²) >= 11 is 0. The SMILES string of the molecule is CCC1CCN(c2nc(C)nc(NC)c2C)CC1. The molecule has 1 N–H and O–H groups in total. The zero-order chi connectivity index (χ0) is 13.1. The Hall–Kier alpha value is -1.32. The fourth-order valence-corrected chi connectivity index (χ4v) is 2.72. The molecule has 0 radical (unpaired) electrons. The molecule has 0 atom stereocenters. The van der Waals surface area contributed by atoms with Gasteiger partial charge in [0, 0.05) is 25.7 Å². The molecule has 0 aliphatic carbocycles. The maximum absolute atomic E-state index is 4.63. The molecule has 18 heavy (non-hydrogen) atoms. The molecule has 0 unspecified atom stereocenters. The van der Waals surface area contributed by atoms with Crippen LogP contribution < -0.4 is 10.2 Å². The molecule has 2 heterocycles. The van der Waals surface area contributed by atoms with Crippen LogP contribution in [0, 0.1) is 19.8 Å². The summed E-state index contributed by atoms with van der Waals surface area (Å²) < 4.78 is 0. The molecule has 0 bridgehead atoms. The summed E-state index contributed by atoms with van der Waals surface area (Å²) in [4.78, 5) is 11.5. The average molecular weight is 248 g/mol. The number of nitrogens with zero attached hydrogens (tertiary/aromatic N) is 3. The molecule has 1 aromatic rings. The molecule has 0 spiro atoms. The summed E-state index contributed by atoms with van der Waals surface area (Å²) in [5, 5.41) is 3.16. The fraction of sp³-hybridized carbons (Fsp3) is 0.714. The highest BCUT2D eigenvalue weighted by molar-refractivity contribution is 5.58. The number of hydrogen-bond acceptors (Lipinski definition) is 4. The van der Waals surface area contributed by atoms with Crippen molar-refractivity contribution in [3.05, 3.63) is 11.4 Å². The monoisotopic (exact) mass is 248 g/mol. The van der Waals surface area contributed by atoms with Crippen molar-refractivity contribution in [3.63, 3.8) is 0 Å². The second-order valence-electron chi connectivity index (χ2n) is 5.16. The molecule has 4 nitrogen and oxygen atoms in total. The van der Waals surface area contributed by atoms with Crippen molar-refractivity contribution in [2.24, 2.45) is 5.92 Å². The quantitative estimate of drug-likeness (QED) is 0.893. The molecule has 100 valence electrons. The number of nitrogens with one attached hydrogen (secondary N) is 1. The molecule has 2 rings (SSSR count). The predicted octanol–water partition coefficient (Wildman–Crippen LogP) is 2.76. The Morgan fingerprint density at radius 1 is 1.22 bits per heavy atom. The van der Waals surface area contributed by atoms with Crippen LogP contribution in [0.5, 0.6) is 0 Å². The molecular weight excluding hydrogens is 224 g/mol. The third-order valence-corrected chi connectivity index (χ3v) is 3.96. The summed E-state index contributed by atoms with van der Waals surface area (Å²) in [6, 6.07) is 0. The van der Waals surface area contributed by atoms with Gasteiger partial charge in [0.25, 0.3) is 0 Å². The van der Waals surface area contributed by atoms with Gasteiger partial charge >= 0.3 is 0 Å². The zero-order valence-corrected chi connectivity index (χ0v) is 12.0. The Kier molecular flexibility index (Phi) is 4.04. The van der Waals surface area contributed by atoms with Crippen molar-refractivity contribution in [2.45, 2.75) is 40.0 Å². The number of hydrogen-bond donors (Lipinski definition) is 1. The van der Waals surface area contributed by atoms with E-state index < -0.39 is 0 Å². The van der Waals surface area contributed by atoms with Crippen LogP contribution in [0.2, 0.25) is 0 Å². The smallest absolute Gasteiger partial charge is 0.137 e. The van der Waals surface area contributed by atoms with Gasteiger partial charge in [-0.3, -0.25) is 0 Å². The van der Waals surface area contributed by atoms with E-state index in [0.717, 1.165) is 42.0 Å². The van der Waals surface area contributed by atoms with Crippen LogP contribution in [0.15, 0.2) is 0 Å². The van der Waals surface area contributed by atoms with E-state index in [1.54, 1.807) is 0 Å². The number of aryl methyl sites for hydroxylation is 1. The van der Waals surface area contributed by atoms with Crippen molar-refractivity contribution in [3.8, 4) is 0 Å². The molecule has 4 heteroatoms. The highest BCUT2D eigenvalue weighted by Gasteiger charge is 2.21. The molecule has 0 saturated carbocycles. The van der Waals surface area contributed by atoms with E-state index in [1.165, 1.54) is 19.3 Å². The van der Waals surface area contributed by atoms with Gasteiger partial charge < -0.3 is 10.2 Å². The van der Waals surface area contributed by atoms with E-state index in [2.05, 4.69) is 34.0 Å². The molecule has 1 aliphatic heterocycles. The molecule has 1 saturated heterocycles. The molecule has 0 aromatic carbocycles. The van der Waals surface area contributed by atoms with Gasteiger partial charge in [-0.2, -0.15) is 0 Å². The minimum absolute atomic E-state index is 0.845. The van der Waals surface area contributed by atoms with Gasteiger partial charge in [-0.25, -0.2) is 9.97 Å². The van der Waals surface area contributed by atoms with Crippen LogP contribution in [0.3, 0.4) is 0 Å². The third-order valence-electron chi connectivity index (χ3n) is 3.96. The Balaban J connectivity index is 2.21. The molecule has 1 aliphatic rings. The lowest BCUT2D eigenvalue weighted by Crippen LogP contribution is -2.35. The summed E-state index contributed by atoms with van der Waals surface area (Å²) in [5.41, 5.74) is 1.16. The zero-order valence-electron chi connectivity index (χ0n) is 12.0. The topological polar surface area (TPSA) is 41.1 Å². The van der Waals surface area contributed by atoms with Crippen LogP contribution in [0.4, 0.5) is 11.6 Å². The molecular formula is C14H24N4. The standard InChI is InChI=1S/C14H24N4/c1-5-12-6-8-18(9-7-12)14-10(2)13(15-4)16-11(3)17-14/h12H,5-9H2,1-4H3,(H,15,16,17). The second kappa shape index (κ2) is 5.55. The highest BCUT2D eigenvalue weighted by atomic mass is 15.2. The van der Waals surface area contributed by atoms with Crippen LogP contribution in [-0.2, 0) is 0 Å². The Bertz CT molecular complexity index is 409.